The summed E-state index contributed by atoms with van der Waals surface area (Å²) in [5, 5.41) is 17.0. The molecule has 7 nitrogen and oxygen atoms in total. The van der Waals surface area contributed by atoms with Gasteiger partial charge in [-0.15, -0.1) is 0 Å². The van der Waals surface area contributed by atoms with Gasteiger partial charge in [0.15, 0.2) is 0 Å². The average molecular weight is 638 g/mol. The van der Waals surface area contributed by atoms with Crippen molar-refractivity contribution in [1.82, 2.24) is 9.99 Å². The molecule has 9 heteroatoms. The largest absolute Gasteiger partial charge is 0.340 e. The number of non-ortho nitro benzene ring substituents is 1. The van der Waals surface area contributed by atoms with E-state index in [1.807, 2.05) is 0 Å². The Labute approximate surface area is 204 Å². The first-order chi connectivity index (χ1) is 14.9. The number of carbonyl (C=O) groups is 1. The van der Waals surface area contributed by atoms with Crippen molar-refractivity contribution in [1.29, 1.82) is 0 Å². The number of nitrogens with one attached hydrogen (secondary N) is 1. The summed E-state index contributed by atoms with van der Waals surface area (Å²) in [6, 6.07) is 18.6. The van der Waals surface area contributed by atoms with Gasteiger partial charge in [-0.05, 0) is 99.3 Å². The molecule has 0 fully saturated rings. The van der Waals surface area contributed by atoms with E-state index in [-0.39, 0.29) is 18.0 Å². The molecule has 0 atom stereocenters. The van der Waals surface area contributed by atoms with Crippen LogP contribution >= 0.6 is 45.2 Å². The van der Waals surface area contributed by atoms with Crippen LogP contribution in [0.1, 0.15) is 12.0 Å². The minimum atomic E-state index is -0.459. The van der Waals surface area contributed by atoms with E-state index in [2.05, 4.69) is 96.7 Å². The first kappa shape index (κ1) is 21.7. The van der Waals surface area contributed by atoms with Crippen LogP contribution in [0.4, 0.5) is 5.69 Å². The van der Waals surface area contributed by atoms with Crippen LogP contribution in [0, 0.1) is 17.3 Å². The molecule has 0 aliphatic rings. The number of carbonyl (C=O) groups excluding carboxylic acids is 1. The summed E-state index contributed by atoms with van der Waals surface area (Å²) in [7, 11) is 0. The first-order valence-corrected chi connectivity index (χ1v) is 11.5. The number of halogens is 2. The normalized spacial score (nSPS) is 11.4. The maximum absolute atomic E-state index is 12.3. The first-order valence-electron chi connectivity index (χ1n) is 9.36. The Morgan fingerprint density at radius 2 is 1.58 bits per heavy atom. The number of rotatable bonds is 6. The third-order valence-corrected chi connectivity index (χ3v) is 6.20. The van der Waals surface area contributed by atoms with Crippen LogP contribution in [-0.2, 0) is 11.3 Å². The Morgan fingerprint density at radius 3 is 2.13 bits per heavy atom. The van der Waals surface area contributed by atoms with Crippen LogP contribution in [0.2, 0.25) is 0 Å². The van der Waals surface area contributed by atoms with Crippen LogP contribution < -0.4 is 5.43 Å². The van der Waals surface area contributed by atoms with E-state index in [1.54, 1.807) is 12.1 Å². The number of nitro groups is 1. The van der Waals surface area contributed by atoms with Crippen LogP contribution in [0.25, 0.3) is 21.8 Å². The summed E-state index contributed by atoms with van der Waals surface area (Å²) in [6.07, 6.45) is 1.74. The van der Waals surface area contributed by atoms with Crippen molar-refractivity contribution in [3.8, 4) is 0 Å². The molecule has 0 unspecified atom stereocenters. The van der Waals surface area contributed by atoms with Gasteiger partial charge in [-0.3, -0.25) is 14.9 Å². The number of hydrazone groups is 1. The zero-order chi connectivity index (χ0) is 22.0. The van der Waals surface area contributed by atoms with Gasteiger partial charge >= 0.3 is 0 Å². The lowest BCUT2D eigenvalue weighted by atomic mass is 10.2. The van der Waals surface area contributed by atoms with Gasteiger partial charge < -0.3 is 4.57 Å². The second-order valence-corrected chi connectivity index (χ2v) is 9.36. The summed E-state index contributed by atoms with van der Waals surface area (Å²) < 4.78 is 4.50. The maximum Gasteiger partial charge on any atom is 0.269 e. The molecule has 0 bridgehead atoms. The SMILES string of the molecule is O=C(CCn1c2ccc(I)cc2c2cc(I)ccc21)NN=Cc1ccc([N+](=O)[O-])cc1. The number of aryl methyl sites for hydroxylation is 1. The zero-order valence-corrected chi connectivity index (χ0v) is 20.4. The van der Waals surface area contributed by atoms with Gasteiger partial charge in [0.25, 0.3) is 5.69 Å². The lowest BCUT2D eigenvalue weighted by Crippen LogP contribution is -2.19. The third kappa shape index (κ3) is 4.87. The number of nitrogens with zero attached hydrogens (tertiary/aromatic N) is 3. The Kier molecular flexibility index (Phi) is 6.51. The predicted molar refractivity (Wildman–Crippen MR) is 138 cm³/mol. The van der Waals surface area contributed by atoms with Gasteiger partial charge in [0.05, 0.1) is 11.1 Å². The highest BCUT2D eigenvalue weighted by Gasteiger charge is 2.12. The highest BCUT2D eigenvalue weighted by atomic mass is 127. The Hall–Kier alpha value is -2.54. The molecule has 0 spiro atoms. The van der Waals surface area contributed by atoms with Crippen molar-refractivity contribution in [2.45, 2.75) is 13.0 Å². The fourth-order valence-corrected chi connectivity index (χ4v) is 4.40. The number of hydrogen-bond acceptors (Lipinski definition) is 4. The molecular formula is C22H16I2N4O3. The zero-order valence-electron chi connectivity index (χ0n) is 16.1. The van der Waals surface area contributed by atoms with Gasteiger partial charge in [-0.25, -0.2) is 5.43 Å². The molecule has 1 aromatic heterocycles. The van der Waals surface area contributed by atoms with Gasteiger partial charge in [-0.2, -0.15) is 5.10 Å². The van der Waals surface area contributed by atoms with Crippen molar-refractivity contribution in [3.05, 3.63) is 83.5 Å². The van der Waals surface area contributed by atoms with Gasteiger partial charge in [-0.1, -0.05) is 0 Å². The number of benzene rings is 3. The molecule has 4 aromatic rings. The molecule has 0 aliphatic carbocycles. The molecular weight excluding hydrogens is 622 g/mol. The van der Waals surface area contributed by atoms with Crippen molar-refractivity contribution in [2.24, 2.45) is 5.10 Å². The van der Waals surface area contributed by atoms with E-state index in [0.717, 1.165) is 11.0 Å². The molecule has 4 rings (SSSR count). The van der Waals surface area contributed by atoms with Gasteiger partial charge in [0.1, 0.15) is 0 Å². The molecule has 1 N–H and O–H groups in total. The number of nitro benzene ring substituents is 1. The average Bonchev–Trinajstić information content (AvgIpc) is 3.04. The fourth-order valence-electron chi connectivity index (χ4n) is 3.42. The predicted octanol–water partition coefficient (Wildman–Crippen LogP) is 5.45. The second kappa shape index (κ2) is 9.30. The van der Waals surface area contributed by atoms with Gasteiger partial charge in [0, 0.05) is 54.0 Å². The van der Waals surface area contributed by atoms with Crippen molar-refractivity contribution in [2.75, 3.05) is 0 Å². The lowest BCUT2D eigenvalue weighted by molar-refractivity contribution is -0.384. The number of amides is 1. The molecule has 156 valence electrons. The van der Waals surface area contributed by atoms with Crippen molar-refractivity contribution < 1.29 is 9.72 Å². The maximum atomic E-state index is 12.3. The summed E-state index contributed by atoms with van der Waals surface area (Å²) in [4.78, 5) is 22.6. The quantitative estimate of drug-likeness (QED) is 0.132. The van der Waals surface area contributed by atoms with Crippen molar-refractivity contribution >= 4 is 84.8 Å². The van der Waals surface area contributed by atoms with Crippen molar-refractivity contribution in [3.63, 3.8) is 0 Å². The Balaban J connectivity index is 1.47. The Bertz CT molecular complexity index is 1270. The van der Waals surface area contributed by atoms with E-state index in [0.29, 0.717) is 12.1 Å². The minimum absolute atomic E-state index is 0.0109. The molecule has 3 aromatic carbocycles. The van der Waals surface area contributed by atoms with E-state index in [1.165, 1.54) is 36.3 Å². The van der Waals surface area contributed by atoms with E-state index in [4.69, 9.17) is 0 Å². The van der Waals surface area contributed by atoms with Crippen LogP contribution in [0.3, 0.4) is 0 Å². The summed E-state index contributed by atoms with van der Waals surface area (Å²) in [5.41, 5.74) is 5.40. The standard InChI is InChI=1S/C22H16I2N4O3/c23-15-3-7-20-18(11-15)19-12-16(24)4-8-21(19)27(20)10-9-22(29)26-25-13-14-1-5-17(6-2-14)28(30)31/h1-8,11-13H,9-10H2,(H,26,29). The third-order valence-electron chi connectivity index (χ3n) is 4.86. The highest BCUT2D eigenvalue weighted by Crippen LogP contribution is 2.31. The molecule has 0 radical (unpaired) electrons. The fraction of sp³-hybridized carbons (Fsp3) is 0.0909. The van der Waals surface area contributed by atoms with Gasteiger partial charge in [0.2, 0.25) is 5.91 Å². The highest BCUT2D eigenvalue weighted by molar-refractivity contribution is 14.1. The summed E-state index contributed by atoms with van der Waals surface area (Å²) >= 11 is 4.62. The molecule has 0 aliphatic heterocycles. The molecule has 1 heterocycles. The minimum Gasteiger partial charge on any atom is -0.340 e. The smallest absolute Gasteiger partial charge is 0.269 e. The number of fused-ring (bicyclic) bond motifs is 3. The van der Waals surface area contributed by atoms with E-state index >= 15 is 0 Å². The Morgan fingerprint density at radius 1 is 1.00 bits per heavy atom. The van der Waals surface area contributed by atoms with E-state index < -0.39 is 4.92 Å². The van der Waals surface area contributed by atoms with Crippen LogP contribution in [-0.4, -0.2) is 21.6 Å². The topological polar surface area (TPSA) is 89.5 Å². The molecule has 31 heavy (non-hydrogen) atoms. The molecule has 1 amide bonds. The van der Waals surface area contributed by atoms with Crippen LogP contribution in [0.15, 0.2) is 65.8 Å². The molecule has 0 saturated carbocycles. The van der Waals surface area contributed by atoms with Crippen LogP contribution in [0.5, 0.6) is 0 Å². The molecule has 0 saturated heterocycles. The number of hydrogen-bond donors (Lipinski definition) is 1. The monoisotopic (exact) mass is 638 g/mol. The summed E-state index contributed by atoms with van der Waals surface area (Å²) in [6.45, 7) is 0.528. The second-order valence-electron chi connectivity index (χ2n) is 6.87. The lowest BCUT2D eigenvalue weighted by Gasteiger charge is -2.07. The number of aromatic nitrogens is 1. The summed E-state index contributed by atoms with van der Waals surface area (Å²) in [5.74, 6) is -0.204. The van der Waals surface area contributed by atoms with E-state index in [9.17, 15) is 14.9 Å².